The van der Waals surface area contributed by atoms with Crippen molar-refractivity contribution in [3.05, 3.63) is 65.5 Å². The molecule has 1 saturated heterocycles. The number of benzene rings is 2. The fraction of sp³-hybridized carbons (Fsp3) is 0.263. The van der Waals surface area contributed by atoms with Crippen LogP contribution in [0.5, 0.6) is 0 Å². The minimum absolute atomic E-state index is 0.0162. The maximum absolute atomic E-state index is 12.9. The van der Waals surface area contributed by atoms with E-state index >= 15 is 0 Å². The van der Waals surface area contributed by atoms with Crippen LogP contribution in [0.2, 0.25) is 0 Å². The van der Waals surface area contributed by atoms with E-state index in [1.807, 2.05) is 19.1 Å². The first-order chi connectivity index (χ1) is 12.0. The van der Waals surface area contributed by atoms with Crippen molar-refractivity contribution >= 4 is 17.6 Å². The molecule has 0 bridgehead atoms. The maximum Gasteiger partial charge on any atom is 0.323 e. The largest absolute Gasteiger partial charge is 0.464 e. The average Bonchev–Trinajstić information content (AvgIpc) is 3.01. The number of ether oxygens (including phenoxy) is 1. The van der Waals surface area contributed by atoms with Crippen LogP contribution in [0.4, 0.5) is 10.1 Å². The Kier molecular flexibility index (Phi) is 5.09. The number of rotatable bonds is 5. The van der Waals surface area contributed by atoms with Gasteiger partial charge in [0.1, 0.15) is 11.9 Å². The molecule has 0 aromatic heterocycles. The van der Waals surface area contributed by atoms with Crippen LogP contribution in [0.3, 0.4) is 0 Å². The van der Waals surface area contributed by atoms with E-state index in [4.69, 9.17) is 4.74 Å². The molecule has 1 aliphatic rings. The summed E-state index contributed by atoms with van der Waals surface area (Å²) in [6.45, 7) is 2.43. The van der Waals surface area contributed by atoms with Gasteiger partial charge in [-0.3, -0.25) is 14.9 Å². The molecule has 0 aliphatic carbocycles. The van der Waals surface area contributed by atoms with Crippen LogP contribution in [0, 0.1) is 5.82 Å². The topological polar surface area (TPSA) is 67.4 Å². The number of carbonyl (C=O) groups excluding carboxylic acids is 2. The van der Waals surface area contributed by atoms with Gasteiger partial charge in [-0.2, -0.15) is 0 Å². The second kappa shape index (κ2) is 7.44. The summed E-state index contributed by atoms with van der Waals surface area (Å²) in [6, 6.07) is 12.4. The second-order valence-corrected chi connectivity index (χ2v) is 5.98. The molecule has 0 spiro atoms. The standard InChI is InChI=1S/C19H19FN2O3/c1-12(21-17-10-11-25-19(17)24)13-4-8-16(9-5-13)22-18(23)14-2-6-15(20)7-3-14/h2-9,12,17,21H,10-11H2,1H3,(H,22,23)/t12-,17-/m1/s1. The second-order valence-electron chi connectivity index (χ2n) is 5.98. The highest BCUT2D eigenvalue weighted by atomic mass is 19.1. The first-order valence-corrected chi connectivity index (χ1v) is 8.12. The van der Waals surface area contributed by atoms with Crippen LogP contribution in [-0.2, 0) is 9.53 Å². The van der Waals surface area contributed by atoms with E-state index in [0.717, 1.165) is 5.56 Å². The molecular weight excluding hydrogens is 323 g/mol. The first kappa shape index (κ1) is 17.1. The number of esters is 1. The van der Waals surface area contributed by atoms with Crippen molar-refractivity contribution in [1.29, 1.82) is 0 Å². The van der Waals surface area contributed by atoms with Gasteiger partial charge >= 0.3 is 5.97 Å². The van der Waals surface area contributed by atoms with Crippen LogP contribution in [0.1, 0.15) is 35.3 Å². The Morgan fingerprint density at radius 1 is 1.16 bits per heavy atom. The third kappa shape index (κ3) is 4.22. The molecule has 1 amide bonds. The highest BCUT2D eigenvalue weighted by Gasteiger charge is 2.27. The molecule has 2 atom stereocenters. The van der Waals surface area contributed by atoms with Gasteiger partial charge < -0.3 is 10.1 Å². The number of cyclic esters (lactones) is 1. The van der Waals surface area contributed by atoms with Gasteiger partial charge in [-0.15, -0.1) is 0 Å². The summed E-state index contributed by atoms with van der Waals surface area (Å²) >= 11 is 0. The van der Waals surface area contributed by atoms with Gasteiger partial charge in [0, 0.05) is 23.7 Å². The van der Waals surface area contributed by atoms with E-state index in [2.05, 4.69) is 10.6 Å². The number of carbonyl (C=O) groups is 2. The van der Waals surface area contributed by atoms with Crippen molar-refractivity contribution in [2.45, 2.75) is 25.4 Å². The number of halogens is 1. The third-order valence-electron chi connectivity index (χ3n) is 4.16. The Morgan fingerprint density at radius 2 is 1.84 bits per heavy atom. The molecule has 2 aromatic rings. The Bertz CT molecular complexity index is 759. The van der Waals surface area contributed by atoms with Gasteiger partial charge in [0.2, 0.25) is 0 Å². The summed E-state index contributed by atoms with van der Waals surface area (Å²) in [5, 5.41) is 6.01. The van der Waals surface area contributed by atoms with E-state index < -0.39 is 0 Å². The van der Waals surface area contributed by atoms with Crippen molar-refractivity contribution in [2.24, 2.45) is 0 Å². The minimum atomic E-state index is -0.381. The van der Waals surface area contributed by atoms with E-state index in [1.54, 1.807) is 12.1 Å². The zero-order valence-corrected chi connectivity index (χ0v) is 13.8. The quantitative estimate of drug-likeness (QED) is 0.820. The molecule has 5 nitrogen and oxygen atoms in total. The van der Waals surface area contributed by atoms with E-state index in [1.165, 1.54) is 24.3 Å². The highest BCUT2D eigenvalue weighted by Crippen LogP contribution is 2.19. The van der Waals surface area contributed by atoms with Crippen LogP contribution < -0.4 is 10.6 Å². The zero-order valence-electron chi connectivity index (χ0n) is 13.8. The average molecular weight is 342 g/mol. The smallest absolute Gasteiger partial charge is 0.323 e. The lowest BCUT2D eigenvalue weighted by atomic mass is 10.1. The molecule has 0 unspecified atom stereocenters. The molecule has 130 valence electrons. The van der Waals surface area contributed by atoms with Crippen LogP contribution >= 0.6 is 0 Å². The number of nitrogens with one attached hydrogen (secondary N) is 2. The monoisotopic (exact) mass is 342 g/mol. The Morgan fingerprint density at radius 3 is 2.44 bits per heavy atom. The van der Waals surface area contributed by atoms with E-state index in [9.17, 15) is 14.0 Å². The minimum Gasteiger partial charge on any atom is -0.464 e. The fourth-order valence-electron chi connectivity index (χ4n) is 2.70. The summed E-state index contributed by atoms with van der Waals surface area (Å²) in [5.74, 6) is -0.892. The maximum atomic E-state index is 12.9. The van der Waals surface area contributed by atoms with E-state index in [-0.39, 0.29) is 29.8 Å². The summed E-state index contributed by atoms with van der Waals surface area (Å²) in [7, 11) is 0. The molecule has 1 fully saturated rings. The molecular formula is C19H19FN2O3. The van der Waals surface area contributed by atoms with Crippen molar-refractivity contribution in [2.75, 3.05) is 11.9 Å². The number of amides is 1. The molecule has 1 aliphatic heterocycles. The summed E-state index contributed by atoms with van der Waals surface area (Å²) < 4.78 is 17.8. The van der Waals surface area contributed by atoms with Gasteiger partial charge in [-0.05, 0) is 48.9 Å². The van der Waals surface area contributed by atoms with Crippen LogP contribution in [0.15, 0.2) is 48.5 Å². The Hall–Kier alpha value is -2.73. The van der Waals surface area contributed by atoms with Gasteiger partial charge in [-0.1, -0.05) is 12.1 Å². The van der Waals surface area contributed by atoms with Crippen molar-refractivity contribution in [3.63, 3.8) is 0 Å². The zero-order chi connectivity index (χ0) is 17.8. The van der Waals surface area contributed by atoms with Gasteiger partial charge in [0.25, 0.3) is 5.91 Å². The summed E-state index contributed by atoms with van der Waals surface area (Å²) in [6.07, 6.45) is 0.676. The lowest BCUT2D eigenvalue weighted by Crippen LogP contribution is -2.35. The Balaban J connectivity index is 1.60. The van der Waals surface area contributed by atoms with Crippen LogP contribution in [0.25, 0.3) is 0 Å². The van der Waals surface area contributed by atoms with E-state index in [0.29, 0.717) is 24.3 Å². The van der Waals surface area contributed by atoms with Crippen LogP contribution in [-0.4, -0.2) is 24.5 Å². The van der Waals surface area contributed by atoms with Crippen molar-refractivity contribution < 1.29 is 18.7 Å². The highest BCUT2D eigenvalue weighted by molar-refractivity contribution is 6.04. The number of hydrogen-bond donors (Lipinski definition) is 2. The fourth-order valence-corrected chi connectivity index (χ4v) is 2.70. The SMILES string of the molecule is C[C@@H](N[C@@H]1CCOC1=O)c1ccc(NC(=O)c2ccc(F)cc2)cc1. The lowest BCUT2D eigenvalue weighted by molar-refractivity contribution is -0.139. The molecule has 2 aromatic carbocycles. The van der Waals surface area contributed by atoms with Gasteiger partial charge in [0.05, 0.1) is 6.61 Å². The van der Waals surface area contributed by atoms with Crippen molar-refractivity contribution in [3.8, 4) is 0 Å². The molecule has 2 N–H and O–H groups in total. The molecule has 0 radical (unpaired) electrons. The number of hydrogen-bond acceptors (Lipinski definition) is 4. The molecule has 1 heterocycles. The molecule has 6 heteroatoms. The molecule has 3 rings (SSSR count). The summed E-state index contributed by atoms with van der Waals surface area (Å²) in [4.78, 5) is 23.6. The van der Waals surface area contributed by atoms with Crippen molar-refractivity contribution in [1.82, 2.24) is 5.32 Å². The molecule has 25 heavy (non-hydrogen) atoms. The normalized spacial score (nSPS) is 17.8. The van der Waals surface area contributed by atoms with Gasteiger partial charge in [0.15, 0.2) is 0 Å². The predicted octanol–water partition coefficient (Wildman–Crippen LogP) is 3.04. The lowest BCUT2D eigenvalue weighted by Gasteiger charge is -2.17. The predicted molar refractivity (Wildman–Crippen MR) is 91.7 cm³/mol. The number of anilines is 1. The summed E-state index contributed by atoms with van der Waals surface area (Å²) in [5.41, 5.74) is 2.03. The Labute approximate surface area is 145 Å². The molecule has 0 saturated carbocycles. The third-order valence-corrected chi connectivity index (χ3v) is 4.16. The first-order valence-electron chi connectivity index (χ1n) is 8.12. The van der Waals surface area contributed by atoms with Gasteiger partial charge in [-0.25, -0.2) is 4.39 Å².